The molecule has 0 aliphatic carbocycles. The Bertz CT molecular complexity index is 1040. The van der Waals surface area contributed by atoms with Crippen molar-refractivity contribution >= 4 is 39.2 Å². The van der Waals surface area contributed by atoms with Gasteiger partial charge in [0.1, 0.15) is 11.5 Å². The van der Waals surface area contributed by atoms with E-state index in [1.807, 2.05) is 30.3 Å². The van der Waals surface area contributed by atoms with Crippen LogP contribution in [0.25, 0.3) is 10.2 Å². The van der Waals surface area contributed by atoms with Crippen LogP contribution < -0.4 is 14.3 Å². The molecule has 7 heteroatoms. The summed E-state index contributed by atoms with van der Waals surface area (Å²) in [6.07, 6.45) is 5.44. The summed E-state index contributed by atoms with van der Waals surface area (Å²) in [5.74, 6) is 2.27. The predicted octanol–water partition coefficient (Wildman–Crippen LogP) is 5.38. The number of ether oxygens (including phenoxy) is 2. The zero-order valence-electron chi connectivity index (χ0n) is 17.7. The average Bonchev–Trinajstić information content (AvgIpc) is 3.11. The van der Waals surface area contributed by atoms with Crippen LogP contribution >= 0.6 is 23.1 Å². The van der Waals surface area contributed by atoms with Gasteiger partial charge in [0, 0.05) is 23.9 Å². The van der Waals surface area contributed by atoms with Gasteiger partial charge in [0.25, 0.3) is 5.91 Å². The number of unbranched alkanes of at least 4 members (excludes halogenated alkanes) is 2. The molecule has 0 spiro atoms. The van der Waals surface area contributed by atoms with Crippen molar-refractivity contribution in [3.05, 3.63) is 52.8 Å². The number of carbonyl (C=O) groups is 1. The number of amides is 1. The van der Waals surface area contributed by atoms with Crippen LogP contribution in [0.5, 0.6) is 11.5 Å². The Labute approximate surface area is 185 Å². The van der Waals surface area contributed by atoms with Gasteiger partial charge in [-0.25, -0.2) is 0 Å². The van der Waals surface area contributed by atoms with Crippen molar-refractivity contribution < 1.29 is 14.3 Å². The first-order valence-corrected chi connectivity index (χ1v) is 12.4. The molecule has 0 aliphatic rings. The number of nitrogens with zero attached hydrogens (tertiary/aromatic N) is 2. The summed E-state index contributed by atoms with van der Waals surface area (Å²) in [7, 11) is 1.66. The lowest BCUT2D eigenvalue weighted by Gasteiger charge is -2.06. The van der Waals surface area contributed by atoms with E-state index in [4.69, 9.17) is 9.47 Å². The first kappa shape index (κ1) is 22.4. The van der Waals surface area contributed by atoms with Crippen molar-refractivity contribution in [2.45, 2.75) is 32.7 Å². The number of rotatable bonds is 10. The fourth-order valence-electron chi connectivity index (χ4n) is 3.05. The summed E-state index contributed by atoms with van der Waals surface area (Å²) < 4.78 is 14.3. The Morgan fingerprint density at radius 1 is 1.13 bits per heavy atom. The summed E-state index contributed by atoms with van der Waals surface area (Å²) in [6, 6.07) is 13.2. The highest BCUT2D eigenvalue weighted by Crippen LogP contribution is 2.23. The van der Waals surface area contributed by atoms with Gasteiger partial charge in [-0.1, -0.05) is 31.1 Å². The van der Waals surface area contributed by atoms with Crippen LogP contribution in [-0.2, 0) is 6.54 Å². The van der Waals surface area contributed by atoms with Gasteiger partial charge in [-0.05, 0) is 49.1 Å². The molecular weight excluding hydrogens is 416 g/mol. The zero-order valence-corrected chi connectivity index (χ0v) is 19.4. The molecule has 1 heterocycles. The highest BCUT2D eigenvalue weighted by atomic mass is 32.2. The molecule has 1 amide bonds. The number of aryl methyl sites for hydroxylation is 1. The van der Waals surface area contributed by atoms with E-state index < -0.39 is 0 Å². The number of methoxy groups -OCH3 is 1. The maximum absolute atomic E-state index is 12.8. The Morgan fingerprint density at radius 3 is 2.60 bits per heavy atom. The summed E-state index contributed by atoms with van der Waals surface area (Å²) in [5, 5.41) is 0. The van der Waals surface area contributed by atoms with Crippen LogP contribution in [0.3, 0.4) is 0 Å². The molecule has 0 unspecified atom stereocenters. The molecule has 0 saturated carbocycles. The minimum Gasteiger partial charge on any atom is -0.497 e. The molecule has 0 saturated heterocycles. The quantitative estimate of drug-likeness (QED) is 0.394. The fraction of sp³-hybridized carbons (Fsp3) is 0.391. The molecule has 0 N–H and O–H groups in total. The van der Waals surface area contributed by atoms with Crippen LogP contribution in [0.2, 0.25) is 0 Å². The molecule has 0 radical (unpaired) electrons. The predicted molar refractivity (Wildman–Crippen MR) is 126 cm³/mol. The first-order valence-electron chi connectivity index (χ1n) is 10.1. The molecule has 3 rings (SSSR count). The van der Waals surface area contributed by atoms with Gasteiger partial charge in [0.15, 0.2) is 4.80 Å². The van der Waals surface area contributed by atoms with Gasteiger partial charge in [-0.3, -0.25) is 4.79 Å². The van der Waals surface area contributed by atoms with E-state index in [2.05, 4.69) is 22.7 Å². The molecule has 3 aromatic rings. The molecule has 2 aromatic carbocycles. The SMILES string of the molecule is CCCCCOc1ccc(C(=O)N=c2sc3ccc(OC)cc3n2CCSC)cc1. The van der Waals surface area contributed by atoms with Crippen molar-refractivity contribution in [2.24, 2.45) is 4.99 Å². The van der Waals surface area contributed by atoms with Crippen molar-refractivity contribution in [3.63, 3.8) is 0 Å². The van der Waals surface area contributed by atoms with Gasteiger partial charge in [-0.2, -0.15) is 16.8 Å². The van der Waals surface area contributed by atoms with Crippen LogP contribution in [0, 0.1) is 0 Å². The molecule has 0 bridgehead atoms. The highest BCUT2D eigenvalue weighted by Gasteiger charge is 2.10. The van der Waals surface area contributed by atoms with E-state index in [9.17, 15) is 4.79 Å². The minimum absolute atomic E-state index is 0.246. The average molecular weight is 445 g/mol. The third-order valence-electron chi connectivity index (χ3n) is 4.72. The Morgan fingerprint density at radius 2 is 1.90 bits per heavy atom. The largest absolute Gasteiger partial charge is 0.497 e. The van der Waals surface area contributed by atoms with E-state index in [-0.39, 0.29) is 5.91 Å². The van der Waals surface area contributed by atoms with Crippen LogP contribution in [0.1, 0.15) is 36.5 Å². The summed E-state index contributed by atoms with van der Waals surface area (Å²) in [5.41, 5.74) is 1.60. The molecular formula is C23H28N2O3S2. The number of carbonyl (C=O) groups excluding carboxylic acids is 1. The molecule has 160 valence electrons. The van der Waals surface area contributed by atoms with Crippen LogP contribution in [0.4, 0.5) is 0 Å². The monoisotopic (exact) mass is 444 g/mol. The number of thioether (sulfide) groups is 1. The van der Waals surface area contributed by atoms with Gasteiger partial charge in [0.05, 0.1) is 23.9 Å². The maximum Gasteiger partial charge on any atom is 0.279 e. The maximum atomic E-state index is 12.8. The molecule has 30 heavy (non-hydrogen) atoms. The number of aromatic nitrogens is 1. The number of hydrogen-bond donors (Lipinski definition) is 0. The smallest absolute Gasteiger partial charge is 0.279 e. The van der Waals surface area contributed by atoms with Gasteiger partial charge < -0.3 is 14.0 Å². The van der Waals surface area contributed by atoms with Crippen LogP contribution in [-0.4, -0.2) is 36.2 Å². The second kappa shape index (κ2) is 11.2. The van der Waals surface area contributed by atoms with Gasteiger partial charge in [0.2, 0.25) is 0 Å². The van der Waals surface area contributed by atoms with Crippen LogP contribution in [0.15, 0.2) is 47.5 Å². The van der Waals surface area contributed by atoms with Crippen molar-refractivity contribution in [1.82, 2.24) is 4.57 Å². The van der Waals surface area contributed by atoms with Gasteiger partial charge in [-0.15, -0.1) is 0 Å². The number of benzene rings is 2. The van der Waals surface area contributed by atoms with E-state index in [1.165, 1.54) is 17.8 Å². The molecule has 0 atom stereocenters. The van der Waals surface area contributed by atoms with Crippen molar-refractivity contribution in [3.8, 4) is 11.5 Å². The minimum atomic E-state index is -0.246. The lowest BCUT2D eigenvalue weighted by molar-refractivity contribution is 0.0998. The second-order valence-corrected chi connectivity index (χ2v) is 8.85. The first-order chi connectivity index (χ1) is 14.7. The lowest BCUT2D eigenvalue weighted by atomic mass is 10.2. The number of hydrogen-bond acceptors (Lipinski definition) is 5. The normalized spacial score (nSPS) is 11.8. The van der Waals surface area contributed by atoms with Gasteiger partial charge >= 0.3 is 0 Å². The van der Waals surface area contributed by atoms with E-state index in [0.717, 1.165) is 46.9 Å². The van der Waals surface area contributed by atoms with E-state index in [1.54, 1.807) is 31.0 Å². The summed E-state index contributed by atoms with van der Waals surface area (Å²) in [4.78, 5) is 18.0. The Hall–Kier alpha value is -2.25. The molecule has 1 aromatic heterocycles. The molecule has 5 nitrogen and oxygen atoms in total. The van der Waals surface area contributed by atoms with E-state index >= 15 is 0 Å². The Kier molecular flexibility index (Phi) is 8.39. The summed E-state index contributed by atoms with van der Waals surface area (Å²) >= 11 is 3.29. The zero-order chi connectivity index (χ0) is 21.3. The molecule has 0 aliphatic heterocycles. The topological polar surface area (TPSA) is 52.8 Å². The Balaban J connectivity index is 1.85. The number of fused-ring (bicyclic) bond motifs is 1. The van der Waals surface area contributed by atoms with Crippen molar-refractivity contribution in [1.29, 1.82) is 0 Å². The summed E-state index contributed by atoms with van der Waals surface area (Å²) in [6.45, 7) is 3.65. The molecule has 0 fully saturated rings. The third kappa shape index (κ3) is 5.67. The lowest BCUT2D eigenvalue weighted by Crippen LogP contribution is -2.18. The van der Waals surface area contributed by atoms with E-state index in [0.29, 0.717) is 17.0 Å². The standard InChI is InChI=1S/C23H28N2O3S2/c1-4-5-6-14-28-18-9-7-17(8-10-18)22(26)24-23-25(13-15-29-3)20-16-19(27-2)11-12-21(20)30-23/h7-12,16H,4-6,13-15H2,1-3H3. The third-order valence-corrected chi connectivity index (χ3v) is 6.37. The van der Waals surface area contributed by atoms with Crippen molar-refractivity contribution in [2.75, 3.05) is 25.7 Å². The second-order valence-electron chi connectivity index (χ2n) is 6.86. The number of thiazole rings is 1. The fourth-order valence-corrected chi connectivity index (χ4v) is 4.45. The highest BCUT2D eigenvalue weighted by molar-refractivity contribution is 7.98.